The Morgan fingerprint density at radius 1 is 0.643 bits per heavy atom. The first-order chi connectivity index (χ1) is 13.4. The number of hydrogen-bond acceptors (Lipinski definition) is 0. The van der Waals surface area contributed by atoms with E-state index in [1.807, 2.05) is 0 Å². The van der Waals surface area contributed by atoms with Crippen LogP contribution in [0.3, 0.4) is 0 Å². The van der Waals surface area contributed by atoms with Crippen LogP contribution in [0.4, 0.5) is 0 Å². The van der Waals surface area contributed by atoms with Gasteiger partial charge < -0.3 is 0 Å². The average molecular weight is 436 g/mol. The minimum atomic E-state index is 0. The summed E-state index contributed by atoms with van der Waals surface area (Å²) in [6.45, 7) is 0. The predicted molar refractivity (Wildman–Crippen MR) is 113 cm³/mol. The molecule has 1 unspecified atom stereocenters. The molecule has 0 heterocycles. The predicted octanol–water partition coefficient (Wildman–Crippen LogP) is 4.94. The Labute approximate surface area is 184 Å². The first kappa shape index (κ1) is 17.8. The van der Waals surface area contributed by atoms with Gasteiger partial charge in [0.15, 0.2) is 0 Å². The minimum Gasteiger partial charge on any atom is -0.0729 e. The fourth-order valence-corrected chi connectivity index (χ4v) is 5.22. The minimum absolute atomic E-state index is 0. The van der Waals surface area contributed by atoms with E-state index in [1.54, 1.807) is 5.57 Å². The fraction of sp³-hybridized carbons (Fsp3) is 0.111. The Morgan fingerprint density at radius 2 is 1.25 bits per heavy atom. The second kappa shape index (κ2) is 6.98. The smallest absolute Gasteiger partial charge is 0.0247 e. The second-order valence-corrected chi connectivity index (χ2v) is 7.68. The molecule has 0 aromatic heterocycles. The maximum atomic E-state index is 2.37. The topological polar surface area (TPSA) is 0 Å². The Kier molecular flexibility index (Phi) is 4.44. The Morgan fingerprint density at radius 3 is 1.96 bits per heavy atom. The van der Waals surface area contributed by atoms with Crippen molar-refractivity contribution < 1.29 is 26.2 Å². The number of hydrogen-bond donors (Lipinski definition) is 0. The SMILES string of the molecule is C1=CC2=c3ccccc3=C(CC3c4ccccc4-c4ccccc43)C2C=C1.[Zr]. The molecule has 3 aromatic rings. The molecule has 3 aliphatic rings. The van der Waals surface area contributed by atoms with E-state index < -0.39 is 0 Å². The van der Waals surface area contributed by atoms with Crippen LogP contribution in [0.15, 0.2) is 97.1 Å². The summed E-state index contributed by atoms with van der Waals surface area (Å²) in [5.41, 5.74) is 8.81. The third-order valence-corrected chi connectivity index (χ3v) is 6.37. The second-order valence-electron chi connectivity index (χ2n) is 7.68. The van der Waals surface area contributed by atoms with Gasteiger partial charge in [0.25, 0.3) is 0 Å². The standard InChI is InChI=1S/C27H20.Zr/c1-5-13-22-18(9-1)19-10-2-6-14-23(19)26(22)17-27-24-15-7-3-11-20(24)21-12-4-8-16-25(21)27;/h1-16,22,27H,17H2;. The first-order valence-corrected chi connectivity index (χ1v) is 9.77. The Balaban J connectivity index is 0.00000171. The van der Waals surface area contributed by atoms with Crippen LogP contribution < -0.4 is 10.4 Å². The van der Waals surface area contributed by atoms with Crippen molar-refractivity contribution in [2.45, 2.75) is 12.3 Å². The molecule has 0 aliphatic heterocycles. The van der Waals surface area contributed by atoms with Crippen molar-refractivity contribution in [3.05, 3.63) is 119 Å². The molecule has 132 valence electrons. The molecule has 0 saturated heterocycles. The summed E-state index contributed by atoms with van der Waals surface area (Å²) in [7, 11) is 0. The zero-order valence-corrected chi connectivity index (χ0v) is 18.1. The largest absolute Gasteiger partial charge is 0.0729 e. The average Bonchev–Trinajstić information content (AvgIpc) is 3.23. The van der Waals surface area contributed by atoms with Gasteiger partial charge in [-0.15, -0.1) is 0 Å². The molecule has 0 N–H and O–H groups in total. The molecule has 0 radical (unpaired) electrons. The zero-order chi connectivity index (χ0) is 17.8. The molecule has 0 saturated carbocycles. The maximum absolute atomic E-state index is 2.37. The summed E-state index contributed by atoms with van der Waals surface area (Å²) >= 11 is 0. The Hall–Kier alpha value is -2.24. The zero-order valence-electron chi connectivity index (χ0n) is 15.6. The molecule has 6 rings (SSSR count). The number of rotatable bonds is 2. The molecule has 0 nitrogen and oxygen atoms in total. The van der Waals surface area contributed by atoms with E-state index in [4.69, 9.17) is 0 Å². The van der Waals surface area contributed by atoms with Crippen molar-refractivity contribution in [2.75, 3.05) is 0 Å². The van der Waals surface area contributed by atoms with Crippen molar-refractivity contribution >= 4 is 11.1 Å². The van der Waals surface area contributed by atoms with Gasteiger partial charge in [-0.25, -0.2) is 0 Å². The number of benzene rings is 3. The summed E-state index contributed by atoms with van der Waals surface area (Å²) < 4.78 is 0. The molecule has 0 bridgehead atoms. The summed E-state index contributed by atoms with van der Waals surface area (Å²) in [4.78, 5) is 0. The van der Waals surface area contributed by atoms with Crippen molar-refractivity contribution in [1.82, 2.24) is 0 Å². The van der Waals surface area contributed by atoms with E-state index in [0.29, 0.717) is 11.8 Å². The molecule has 3 aromatic carbocycles. The van der Waals surface area contributed by atoms with Gasteiger partial charge in [0.05, 0.1) is 0 Å². The van der Waals surface area contributed by atoms with Crippen LogP contribution >= 0.6 is 0 Å². The quantitative estimate of drug-likeness (QED) is 0.535. The van der Waals surface area contributed by atoms with Crippen LogP contribution in [0.5, 0.6) is 0 Å². The van der Waals surface area contributed by atoms with E-state index in [-0.39, 0.29) is 26.2 Å². The van der Waals surface area contributed by atoms with Crippen molar-refractivity contribution in [3.8, 4) is 11.1 Å². The number of fused-ring (bicyclic) bond motifs is 5. The third-order valence-electron chi connectivity index (χ3n) is 6.37. The normalized spacial score (nSPS) is 18.4. The van der Waals surface area contributed by atoms with E-state index in [9.17, 15) is 0 Å². The van der Waals surface area contributed by atoms with Crippen molar-refractivity contribution in [1.29, 1.82) is 0 Å². The maximum Gasteiger partial charge on any atom is 0.0247 e. The molecule has 1 heteroatoms. The monoisotopic (exact) mass is 434 g/mol. The first-order valence-electron chi connectivity index (χ1n) is 9.77. The molecule has 28 heavy (non-hydrogen) atoms. The van der Waals surface area contributed by atoms with E-state index in [1.165, 1.54) is 38.3 Å². The van der Waals surface area contributed by atoms with Gasteiger partial charge in [0.1, 0.15) is 0 Å². The molecule has 1 atom stereocenters. The Bertz CT molecular complexity index is 1210. The summed E-state index contributed by atoms with van der Waals surface area (Å²) in [5, 5.41) is 2.85. The van der Waals surface area contributed by atoms with Crippen LogP contribution in [0.25, 0.3) is 22.3 Å². The number of allylic oxidation sites excluding steroid dienone is 4. The molecule has 0 fully saturated rings. The molecular weight excluding hydrogens is 416 g/mol. The summed E-state index contributed by atoms with van der Waals surface area (Å²) in [6, 6.07) is 26.8. The molecular formula is C27H20Zr. The summed E-state index contributed by atoms with van der Waals surface area (Å²) in [5.74, 6) is 0.867. The van der Waals surface area contributed by atoms with E-state index >= 15 is 0 Å². The van der Waals surface area contributed by atoms with Crippen LogP contribution in [-0.4, -0.2) is 0 Å². The van der Waals surface area contributed by atoms with Crippen LogP contribution in [0.2, 0.25) is 0 Å². The van der Waals surface area contributed by atoms with Crippen LogP contribution in [0.1, 0.15) is 23.5 Å². The molecule has 0 spiro atoms. The van der Waals surface area contributed by atoms with E-state index in [0.717, 1.165) is 6.42 Å². The van der Waals surface area contributed by atoms with Crippen molar-refractivity contribution in [3.63, 3.8) is 0 Å². The van der Waals surface area contributed by atoms with Gasteiger partial charge in [0.2, 0.25) is 0 Å². The van der Waals surface area contributed by atoms with Gasteiger partial charge in [-0.2, -0.15) is 0 Å². The van der Waals surface area contributed by atoms with Gasteiger partial charge >= 0.3 is 0 Å². The molecule has 3 aliphatic carbocycles. The van der Waals surface area contributed by atoms with Crippen molar-refractivity contribution in [2.24, 2.45) is 5.92 Å². The van der Waals surface area contributed by atoms with E-state index in [2.05, 4.69) is 97.1 Å². The summed E-state index contributed by atoms with van der Waals surface area (Å²) in [6.07, 6.45) is 10.1. The van der Waals surface area contributed by atoms with Gasteiger partial charge in [-0.3, -0.25) is 0 Å². The van der Waals surface area contributed by atoms with Crippen LogP contribution in [-0.2, 0) is 26.2 Å². The molecule has 0 amide bonds. The van der Waals surface area contributed by atoms with Gasteiger partial charge in [0, 0.05) is 38.0 Å². The van der Waals surface area contributed by atoms with Gasteiger partial charge in [-0.05, 0) is 44.7 Å². The van der Waals surface area contributed by atoms with Crippen LogP contribution in [0, 0.1) is 5.92 Å². The van der Waals surface area contributed by atoms with Gasteiger partial charge in [-0.1, -0.05) is 103 Å². The third kappa shape index (κ3) is 2.53. The fourth-order valence-electron chi connectivity index (χ4n) is 5.22.